The van der Waals surface area contributed by atoms with Crippen LogP contribution in [0.1, 0.15) is 76.3 Å². The summed E-state index contributed by atoms with van der Waals surface area (Å²) in [6, 6.07) is 23.0. The fourth-order valence-corrected chi connectivity index (χ4v) is 12.8. The second-order valence-corrected chi connectivity index (χ2v) is 22.6. The van der Waals surface area contributed by atoms with Gasteiger partial charge in [0.1, 0.15) is 40.5 Å². The normalized spacial score (nSPS) is 16.7. The first-order valence-corrected chi connectivity index (χ1v) is 29.4. The van der Waals surface area contributed by atoms with Gasteiger partial charge in [-0.25, -0.2) is 14.4 Å². The van der Waals surface area contributed by atoms with Crippen LogP contribution < -0.4 is 25.6 Å². The van der Waals surface area contributed by atoms with Crippen molar-refractivity contribution in [2.45, 2.75) is 83.3 Å². The molecule has 7 aromatic rings. The van der Waals surface area contributed by atoms with Crippen LogP contribution >= 0.6 is 22.9 Å². The Hall–Kier alpha value is -7.19. The minimum atomic E-state index is -0.678. The predicted octanol–water partition coefficient (Wildman–Crippen LogP) is 9.59. The van der Waals surface area contributed by atoms with Crippen molar-refractivity contribution in [2.75, 3.05) is 89.9 Å². The highest BCUT2D eigenvalue weighted by Gasteiger charge is 2.40. The largest absolute Gasteiger partial charge is 0.508 e. The van der Waals surface area contributed by atoms with E-state index in [1.807, 2.05) is 71.3 Å². The first-order chi connectivity index (χ1) is 39.3. The zero-order chi connectivity index (χ0) is 56.7. The number of fused-ring (bicyclic) bond motifs is 3. The summed E-state index contributed by atoms with van der Waals surface area (Å²) in [5, 5.41) is 26.8. The summed E-state index contributed by atoms with van der Waals surface area (Å²) in [6.45, 7) is 7.17. The van der Waals surface area contributed by atoms with Gasteiger partial charge in [0, 0.05) is 93.5 Å². The van der Waals surface area contributed by atoms with E-state index in [9.17, 15) is 24.3 Å². The number of phenols is 1. The van der Waals surface area contributed by atoms with E-state index < -0.39 is 17.9 Å². The number of nitrogens with one attached hydrogen (secondary N) is 3. The van der Waals surface area contributed by atoms with Crippen molar-refractivity contribution in [3.8, 4) is 33.9 Å². The molecule has 4 N–H and O–H groups in total. The minimum absolute atomic E-state index is 0.00872. The first kappa shape index (κ1) is 57.1. The maximum absolute atomic E-state index is 17.1. The maximum Gasteiger partial charge on any atom is 0.246 e. The van der Waals surface area contributed by atoms with E-state index >= 15 is 4.39 Å². The van der Waals surface area contributed by atoms with Crippen LogP contribution in [0.4, 0.5) is 16.2 Å². The molecule has 3 atom stereocenters. The van der Waals surface area contributed by atoms with Gasteiger partial charge in [-0.3, -0.25) is 19.2 Å². The number of carbonyl (C=O) groups excluding carboxylic acids is 4. The SMILES string of the molecule is CN[C@@H](C)C(=O)N[C@H](C(=O)N1CCCC1c1nc(-c2ccc(OCCOCCN(C)C(=O)CCNc3nc(N4CCN(C(C)=O)CC4)c4cc(Cl)c(-c5cc(O)cc6ccccc56)c(F)c4n3)c3ccccc23)cs1)C1CCCCC1. The number of benzene rings is 5. The molecule has 0 bridgehead atoms. The van der Waals surface area contributed by atoms with Crippen molar-refractivity contribution in [3.05, 3.63) is 100 Å². The number of likely N-dealkylation sites (tertiary alicyclic amines) is 1. The van der Waals surface area contributed by atoms with Crippen molar-refractivity contribution in [1.82, 2.24) is 40.3 Å². The highest BCUT2D eigenvalue weighted by Crippen LogP contribution is 2.44. The van der Waals surface area contributed by atoms with E-state index in [0.717, 1.165) is 77.4 Å². The molecule has 20 heteroatoms. The number of amides is 4. The van der Waals surface area contributed by atoms with Gasteiger partial charge in [0.05, 0.1) is 36.0 Å². The fourth-order valence-electron chi connectivity index (χ4n) is 11.5. The Bertz CT molecular complexity index is 3440. The van der Waals surface area contributed by atoms with Gasteiger partial charge in [-0.1, -0.05) is 79.4 Å². The van der Waals surface area contributed by atoms with Crippen LogP contribution in [0.3, 0.4) is 0 Å². The van der Waals surface area contributed by atoms with Crippen LogP contribution in [0.2, 0.25) is 5.02 Å². The number of hydrogen-bond donors (Lipinski definition) is 4. The number of thiazole rings is 1. The molecule has 3 aliphatic rings. The topological polar surface area (TPSA) is 195 Å². The van der Waals surface area contributed by atoms with E-state index in [1.165, 1.54) is 13.0 Å². The average Bonchev–Trinajstić information content (AvgIpc) is 4.32. The number of hydrogen-bond acceptors (Lipinski definition) is 14. The average molecular weight is 1140 g/mol. The Morgan fingerprint density at radius 2 is 1.60 bits per heavy atom. The Morgan fingerprint density at radius 3 is 2.37 bits per heavy atom. The Morgan fingerprint density at radius 1 is 0.852 bits per heavy atom. The number of carbonyl (C=O) groups is 4. The van der Waals surface area contributed by atoms with Crippen LogP contribution in [0, 0.1) is 11.7 Å². The lowest BCUT2D eigenvalue weighted by Gasteiger charge is -2.35. The monoisotopic (exact) mass is 1140 g/mol. The predicted molar refractivity (Wildman–Crippen MR) is 316 cm³/mol. The summed E-state index contributed by atoms with van der Waals surface area (Å²) >= 11 is 8.47. The lowest BCUT2D eigenvalue weighted by Crippen LogP contribution is -2.55. The molecule has 4 amide bonds. The first-order valence-electron chi connectivity index (χ1n) is 28.1. The number of rotatable bonds is 20. The number of aromatic hydroxyl groups is 1. The summed E-state index contributed by atoms with van der Waals surface area (Å²) in [5.74, 6) is 0.347. The second kappa shape index (κ2) is 25.7. The van der Waals surface area contributed by atoms with Crippen molar-refractivity contribution < 1.29 is 38.1 Å². The van der Waals surface area contributed by atoms with Crippen LogP contribution in [-0.2, 0) is 23.9 Å². The van der Waals surface area contributed by atoms with Gasteiger partial charge >= 0.3 is 0 Å². The van der Waals surface area contributed by atoms with Crippen LogP contribution in [0.5, 0.6) is 11.5 Å². The number of likely N-dealkylation sites (N-methyl/N-ethyl adjacent to an activating group) is 2. The smallest absolute Gasteiger partial charge is 0.246 e. The third-order valence-electron chi connectivity index (χ3n) is 16.1. The highest BCUT2D eigenvalue weighted by molar-refractivity contribution is 7.10. The number of ether oxygens (including phenoxy) is 2. The molecule has 1 unspecified atom stereocenters. The van der Waals surface area contributed by atoms with Crippen molar-refractivity contribution in [2.24, 2.45) is 5.92 Å². The fraction of sp³-hybridized carbons (Fsp3) is 0.426. The van der Waals surface area contributed by atoms with Crippen LogP contribution in [0.15, 0.2) is 84.2 Å². The quantitative estimate of drug-likeness (QED) is 0.0528. The number of piperazine rings is 1. The van der Waals surface area contributed by atoms with Gasteiger partial charge in [0.15, 0.2) is 5.82 Å². The Labute approximate surface area is 480 Å². The van der Waals surface area contributed by atoms with Gasteiger partial charge in [-0.2, -0.15) is 4.98 Å². The lowest BCUT2D eigenvalue weighted by atomic mass is 9.83. The lowest BCUT2D eigenvalue weighted by molar-refractivity contribution is -0.139. The van der Waals surface area contributed by atoms with Gasteiger partial charge in [0.2, 0.25) is 29.6 Å². The van der Waals surface area contributed by atoms with E-state index in [4.69, 9.17) is 31.0 Å². The Kier molecular flexibility index (Phi) is 18.1. The number of halogens is 2. The van der Waals surface area contributed by atoms with Gasteiger partial charge < -0.3 is 50.1 Å². The van der Waals surface area contributed by atoms with Gasteiger partial charge in [0.25, 0.3) is 0 Å². The standard InChI is InChI=1S/C61H70ClFN10O7S/c1-37(64-3)58(77)67-55(39-13-6-5-7-14-39)60(78)73-24-12-19-50(73)59-66-49(36-81-59)44-20-21-51(45-18-11-10-17-43(44)45)80-32-31-79-30-29-70(4)52(76)22-23-65-61-68-56-47(57(69-61)72-27-25-71(26-28-72)38(2)74)35-48(62)53(54(56)63)46-34-41(75)33-40-15-8-9-16-42(40)46/h8-11,15-18,20-21,33-37,39,50,55,64,75H,5-7,12-14,19,22-32H2,1-4H3,(H,67,77)(H,65,68,69)/t37-,50?,55-/m0/s1. The molecule has 10 rings (SSSR count). The Balaban J connectivity index is 0.738. The number of anilines is 2. The molecule has 4 heterocycles. The zero-order valence-electron chi connectivity index (χ0n) is 46.3. The molecule has 2 saturated heterocycles. The molecule has 3 fully saturated rings. The third kappa shape index (κ3) is 12.7. The van der Waals surface area contributed by atoms with Gasteiger partial charge in [-0.15, -0.1) is 11.3 Å². The highest BCUT2D eigenvalue weighted by atomic mass is 35.5. The van der Waals surface area contributed by atoms with Crippen molar-refractivity contribution in [3.63, 3.8) is 0 Å². The number of aromatic nitrogens is 3. The molecule has 0 radical (unpaired) electrons. The molecule has 81 heavy (non-hydrogen) atoms. The molecular formula is C61H70ClFN10O7S. The zero-order valence-corrected chi connectivity index (χ0v) is 47.9. The number of nitrogens with zero attached hydrogens (tertiary/aromatic N) is 7. The van der Waals surface area contributed by atoms with E-state index in [-0.39, 0.29) is 89.6 Å². The van der Waals surface area contributed by atoms with Crippen LogP contribution in [-0.4, -0.2) is 150 Å². The maximum atomic E-state index is 17.1. The molecule has 0 spiro atoms. The summed E-state index contributed by atoms with van der Waals surface area (Å²) in [6.07, 6.45) is 6.93. The molecule has 17 nitrogen and oxygen atoms in total. The molecule has 5 aromatic carbocycles. The summed E-state index contributed by atoms with van der Waals surface area (Å²) in [4.78, 5) is 75.0. The minimum Gasteiger partial charge on any atom is -0.508 e. The third-order valence-corrected chi connectivity index (χ3v) is 17.4. The van der Waals surface area contributed by atoms with Crippen molar-refractivity contribution in [1.29, 1.82) is 0 Å². The van der Waals surface area contributed by atoms with E-state index in [1.54, 1.807) is 47.4 Å². The summed E-state index contributed by atoms with van der Waals surface area (Å²) in [7, 11) is 3.46. The van der Waals surface area contributed by atoms with Crippen molar-refractivity contribution >= 4 is 90.8 Å². The molecule has 1 saturated carbocycles. The molecule has 2 aliphatic heterocycles. The van der Waals surface area contributed by atoms with Gasteiger partial charge in [-0.05, 0) is 97.6 Å². The second-order valence-electron chi connectivity index (χ2n) is 21.3. The number of phenolic OH excluding ortho intramolecular Hbond substituents is 1. The molecule has 426 valence electrons. The van der Waals surface area contributed by atoms with Crippen LogP contribution in [0.25, 0.3) is 54.8 Å². The molecular weight excluding hydrogens is 1070 g/mol. The molecule has 1 aliphatic carbocycles. The summed E-state index contributed by atoms with van der Waals surface area (Å²) < 4.78 is 29.3. The van der Waals surface area contributed by atoms with E-state index in [2.05, 4.69) is 32.4 Å². The van der Waals surface area contributed by atoms with E-state index in [0.29, 0.717) is 73.8 Å². The summed E-state index contributed by atoms with van der Waals surface area (Å²) in [5.41, 5.74) is 2.33. The molecule has 2 aromatic heterocycles.